The van der Waals surface area contributed by atoms with E-state index in [9.17, 15) is 26.3 Å². The topological polar surface area (TPSA) is 27.7 Å². The van der Waals surface area contributed by atoms with E-state index in [0.29, 0.717) is 12.1 Å². The van der Waals surface area contributed by atoms with E-state index in [2.05, 4.69) is 0 Å². The number of benzene rings is 3. The molecular weight excluding hydrogens is 479 g/mol. The molecule has 3 rings (SSSR count). The normalized spacial score (nSPS) is 10.9. The van der Waals surface area contributed by atoms with Crippen LogP contribution in [0.15, 0.2) is 24.3 Å². The molecule has 0 unspecified atom stereocenters. The third-order valence-corrected chi connectivity index (χ3v) is 8.10. The zero-order valence-corrected chi connectivity index (χ0v) is 18.3. The van der Waals surface area contributed by atoms with Crippen molar-refractivity contribution < 1.29 is 49.3 Å². The summed E-state index contributed by atoms with van der Waals surface area (Å²) in [6, 6.07) is 1.23. The van der Waals surface area contributed by atoms with Crippen LogP contribution in [0.4, 0.5) is 35.1 Å². The van der Waals surface area contributed by atoms with Gasteiger partial charge in [0, 0.05) is 18.2 Å². The zero-order chi connectivity index (χ0) is 24.6. The molecule has 0 aliphatic rings. The molecule has 0 bridgehead atoms. The van der Waals surface area contributed by atoms with Crippen LogP contribution in [0.3, 0.4) is 0 Å². The number of hydrogen-bond acceptors (Lipinski definition) is 3. The molecule has 3 aromatic carbocycles. The highest BCUT2D eigenvalue weighted by Crippen LogP contribution is 2.26. The zero-order valence-electron chi connectivity index (χ0n) is 17.1. The van der Waals surface area contributed by atoms with Crippen molar-refractivity contribution in [1.82, 2.24) is 0 Å². The van der Waals surface area contributed by atoms with Crippen molar-refractivity contribution in [3.05, 3.63) is 70.8 Å². The molecule has 0 spiro atoms. The molecule has 12 heteroatoms. The van der Waals surface area contributed by atoms with Crippen LogP contribution >= 0.6 is 0 Å². The van der Waals surface area contributed by atoms with Crippen LogP contribution in [-0.4, -0.2) is 35.5 Å². The van der Waals surface area contributed by atoms with Crippen molar-refractivity contribution in [1.29, 1.82) is 0 Å². The molecule has 0 atom stereocenters. The maximum absolute atomic E-state index is 15.1. The second kappa shape index (κ2) is 9.49. The van der Waals surface area contributed by atoms with Crippen LogP contribution in [0.25, 0.3) is 0 Å². The molecule has 33 heavy (non-hydrogen) atoms. The molecule has 174 valence electrons. The lowest BCUT2D eigenvalue weighted by molar-refractivity contribution is 0.379. The minimum Gasteiger partial charge on any atom is -0.495 e. The first-order valence-electron chi connectivity index (χ1n) is 9.02. The van der Waals surface area contributed by atoms with Gasteiger partial charge in [0.15, 0.2) is 40.7 Å². The minimum absolute atomic E-state index is 0.131. The van der Waals surface area contributed by atoms with Gasteiger partial charge in [-0.1, -0.05) is 4.43 Å². The van der Waals surface area contributed by atoms with E-state index in [1.54, 1.807) is 0 Å². The predicted octanol–water partition coefficient (Wildman–Crippen LogP) is 3.34. The molecule has 3 aromatic rings. The first-order valence-corrected chi connectivity index (χ1v) is 10.8. The maximum atomic E-state index is 15.1. The molecule has 0 heterocycles. The Morgan fingerprint density at radius 2 is 0.909 bits per heavy atom. The van der Waals surface area contributed by atoms with Gasteiger partial charge in [-0.15, -0.1) is 0 Å². The summed E-state index contributed by atoms with van der Waals surface area (Å²) in [7, 11) is 2.67. The Morgan fingerprint density at radius 1 is 0.515 bits per heavy atom. The summed E-state index contributed by atoms with van der Waals surface area (Å²) in [6.07, 6.45) is 0. The van der Waals surface area contributed by atoms with Gasteiger partial charge in [-0.05, 0) is 14.9 Å². The summed E-state index contributed by atoms with van der Waals surface area (Å²) >= 11 is -4.29. The van der Waals surface area contributed by atoms with Crippen LogP contribution in [-0.2, 0) is 0 Å². The van der Waals surface area contributed by atoms with E-state index in [0.717, 1.165) is 21.3 Å². The Balaban J connectivity index is 2.62. The average molecular weight is 492 g/mol. The van der Waals surface area contributed by atoms with Crippen LogP contribution in [0, 0.1) is 46.5 Å². The molecule has 0 N–H and O–H groups in total. The van der Waals surface area contributed by atoms with E-state index in [1.165, 1.54) is 0 Å². The monoisotopic (exact) mass is 492 g/mol. The van der Waals surface area contributed by atoms with Gasteiger partial charge < -0.3 is 14.2 Å². The Kier molecular flexibility index (Phi) is 7.09. The van der Waals surface area contributed by atoms with Gasteiger partial charge in [-0.25, -0.2) is 35.1 Å². The highest BCUT2D eigenvalue weighted by atomic mass is 27.2. The summed E-state index contributed by atoms with van der Waals surface area (Å²) in [5.74, 6) is -15.2. The lowest BCUT2D eigenvalue weighted by atomic mass is 10.3. The number of hydrogen-bond donors (Lipinski definition) is 0. The molecule has 3 nitrogen and oxygen atoms in total. The molecule has 0 aromatic heterocycles. The number of ether oxygens (including phenoxy) is 3. The van der Waals surface area contributed by atoms with Crippen molar-refractivity contribution in [3.8, 4) is 17.2 Å². The van der Waals surface area contributed by atoms with Gasteiger partial charge >= 0.3 is 14.1 Å². The van der Waals surface area contributed by atoms with Crippen LogP contribution < -0.4 is 27.5 Å². The Morgan fingerprint density at radius 3 is 1.30 bits per heavy atom. The molecule has 0 aliphatic carbocycles. The van der Waals surface area contributed by atoms with E-state index in [4.69, 9.17) is 14.2 Å². The van der Waals surface area contributed by atoms with Crippen molar-refractivity contribution in [3.63, 3.8) is 0 Å². The van der Waals surface area contributed by atoms with Crippen molar-refractivity contribution in [2.24, 2.45) is 0 Å². The average Bonchev–Trinajstić information content (AvgIpc) is 2.75. The predicted molar refractivity (Wildman–Crippen MR) is 103 cm³/mol. The lowest BCUT2D eigenvalue weighted by Gasteiger charge is -2.23. The van der Waals surface area contributed by atoms with Crippen molar-refractivity contribution in [2.45, 2.75) is 0 Å². The maximum Gasteiger partial charge on any atom is 0.412 e. The minimum atomic E-state index is -4.29. The fourth-order valence-corrected chi connectivity index (χ4v) is 7.16. The lowest BCUT2D eigenvalue weighted by Crippen LogP contribution is -2.56. The number of halogens is 8. The third-order valence-electron chi connectivity index (χ3n) is 4.86. The summed E-state index contributed by atoms with van der Waals surface area (Å²) in [5.41, 5.74) is 0. The number of rotatable bonds is 6. The van der Waals surface area contributed by atoms with E-state index < -0.39 is 91.2 Å². The smallest absolute Gasteiger partial charge is 0.412 e. The molecule has 0 radical (unpaired) electrons. The van der Waals surface area contributed by atoms with Crippen molar-refractivity contribution >= 4 is 27.4 Å². The second-order valence-corrected chi connectivity index (χ2v) is 9.29. The van der Waals surface area contributed by atoms with Crippen LogP contribution in [0.2, 0.25) is 0 Å². The summed E-state index contributed by atoms with van der Waals surface area (Å²) in [5, 5.41) is 0. The second-order valence-electron chi connectivity index (χ2n) is 6.65. The Labute approximate surface area is 186 Å². The Hall–Kier alpha value is -2.97. The summed E-state index contributed by atoms with van der Waals surface area (Å²) in [4.78, 5) is 0. The Bertz CT molecular complexity index is 1170. The van der Waals surface area contributed by atoms with Gasteiger partial charge in [0.25, 0.3) is 0 Å². The van der Waals surface area contributed by atoms with E-state index in [1.807, 2.05) is 0 Å². The first-order chi connectivity index (χ1) is 15.6. The quantitative estimate of drug-likeness (QED) is 0.300. The highest BCUT2D eigenvalue weighted by molar-refractivity contribution is 6.97. The van der Waals surface area contributed by atoms with E-state index in [-0.39, 0.29) is 12.1 Å². The largest absolute Gasteiger partial charge is 0.495 e. The van der Waals surface area contributed by atoms with Gasteiger partial charge in [-0.2, -0.15) is 0 Å². The molecule has 0 aliphatic heterocycles. The standard InChI is InChI=1S/2C7H4F3O.C7H5F2O.Al/c2*1-11-7-3-5(9)4(8)2-6(7)10;1-10-7-3-2-5(8)4-6(7)9;/h2*2H,1H3;2,4H,1H3;. The van der Waals surface area contributed by atoms with Gasteiger partial charge in [0.05, 0.1) is 21.3 Å². The third kappa shape index (κ3) is 4.20. The molecular formula is C21H13AlF8O3. The van der Waals surface area contributed by atoms with Gasteiger partial charge in [-0.3, -0.25) is 0 Å². The molecule has 0 amide bonds. The fourth-order valence-electron chi connectivity index (χ4n) is 3.59. The molecule has 0 saturated heterocycles. The molecule has 0 saturated carbocycles. The van der Waals surface area contributed by atoms with Gasteiger partial charge in [0.1, 0.15) is 23.1 Å². The number of methoxy groups -OCH3 is 3. The van der Waals surface area contributed by atoms with Crippen molar-refractivity contribution in [2.75, 3.05) is 21.3 Å². The van der Waals surface area contributed by atoms with Crippen LogP contribution in [0.1, 0.15) is 0 Å². The fraction of sp³-hybridized carbons (Fsp3) is 0.143. The first kappa shape index (κ1) is 24.7. The summed E-state index contributed by atoms with van der Waals surface area (Å²) < 4.78 is 128. The van der Waals surface area contributed by atoms with E-state index >= 15 is 8.78 Å². The summed E-state index contributed by atoms with van der Waals surface area (Å²) in [6.45, 7) is 0. The van der Waals surface area contributed by atoms with Crippen LogP contribution in [0.5, 0.6) is 17.2 Å². The highest BCUT2D eigenvalue weighted by Gasteiger charge is 2.43. The van der Waals surface area contributed by atoms with Gasteiger partial charge in [0.2, 0.25) is 0 Å². The SMILES string of the molecule is COc1c(F)cc(F)c[c]1[Al]([c]1c(F)c(F)cc(F)c1OC)[c]1c(F)c(F)cc(F)c1OC. The molecule has 0 fully saturated rings.